The van der Waals surface area contributed by atoms with Crippen LogP contribution in [0.15, 0.2) is 24.3 Å². The summed E-state index contributed by atoms with van der Waals surface area (Å²) in [5.41, 5.74) is 1.05. The van der Waals surface area contributed by atoms with Crippen molar-refractivity contribution in [3.05, 3.63) is 24.3 Å². The van der Waals surface area contributed by atoms with Gasteiger partial charge in [-0.2, -0.15) is 0 Å². The van der Waals surface area contributed by atoms with Gasteiger partial charge in [-0.3, -0.25) is 10.2 Å². The molecule has 0 bridgehead atoms. The summed E-state index contributed by atoms with van der Waals surface area (Å²) in [6, 6.07) is 6.96. The number of amides is 1. The van der Waals surface area contributed by atoms with Crippen LogP contribution >= 0.6 is 0 Å². The van der Waals surface area contributed by atoms with Crippen LogP contribution in [0.2, 0.25) is 0 Å². The standard InChI is InChI=1S/C11H16N2O3/c1-11(2,10(14)13-12)16-9-6-4-8(15-3)5-7-9/h4-7H,12H2,1-3H3,(H,13,14). The highest BCUT2D eigenvalue weighted by Gasteiger charge is 2.29. The van der Waals surface area contributed by atoms with Gasteiger partial charge < -0.3 is 9.47 Å². The molecule has 0 radical (unpaired) electrons. The molecule has 0 aromatic heterocycles. The molecule has 0 heterocycles. The quantitative estimate of drug-likeness (QED) is 0.451. The highest BCUT2D eigenvalue weighted by atomic mass is 16.5. The molecule has 88 valence electrons. The van der Waals surface area contributed by atoms with Crippen LogP contribution in [0.1, 0.15) is 13.8 Å². The molecule has 0 aliphatic heterocycles. The molecule has 16 heavy (non-hydrogen) atoms. The Kier molecular flexibility index (Phi) is 3.73. The molecule has 1 rings (SSSR count). The molecule has 1 aromatic rings. The Morgan fingerprint density at radius 3 is 2.19 bits per heavy atom. The molecule has 0 fully saturated rings. The van der Waals surface area contributed by atoms with Gasteiger partial charge in [0.15, 0.2) is 5.60 Å². The lowest BCUT2D eigenvalue weighted by Crippen LogP contribution is -2.49. The third-order valence-corrected chi connectivity index (χ3v) is 2.11. The number of hydrazine groups is 1. The van der Waals surface area contributed by atoms with Gasteiger partial charge >= 0.3 is 0 Å². The van der Waals surface area contributed by atoms with Crippen LogP contribution in [0.5, 0.6) is 11.5 Å². The van der Waals surface area contributed by atoms with E-state index in [2.05, 4.69) is 5.43 Å². The Hall–Kier alpha value is -1.75. The van der Waals surface area contributed by atoms with Gasteiger partial charge in [-0.05, 0) is 38.1 Å². The SMILES string of the molecule is COc1ccc(OC(C)(C)C(=O)NN)cc1. The number of rotatable bonds is 4. The summed E-state index contributed by atoms with van der Waals surface area (Å²) < 4.78 is 10.5. The Labute approximate surface area is 94.5 Å². The molecule has 0 saturated carbocycles. The molecular formula is C11H16N2O3. The van der Waals surface area contributed by atoms with E-state index < -0.39 is 5.60 Å². The van der Waals surface area contributed by atoms with Crippen LogP contribution in [0.25, 0.3) is 0 Å². The van der Waals surface area contributed by atoms with Crippen molar-refractivity contribution in [2.45, 2.75) is 19.4 Å². The number of hydrogen-bond donors (Lipinski definition) is 2. The van der Waals surface area contributed by atoms with E-state index in [1.807, 2.05) is 0 Å². The molecule has 1 aromatic carbocycles. The lowest BCUT2D eigenvalue weighted by atomic mass is 10.1. The Bertz CT molecular complexity index is 360. The second-order valence-electron chi connectivity index (χ2n) is 3.76. The van der Waals surface area contributed by atoms with Crippen molar-refractivity contribution in [1.82, 2.24) is 5.43 Å². The second kappa shape index (κ2) is 4.85. The third kappa shape index (κ3) is 2.87. The predicted molar refractivity (Wildman–Crippen MR) is 60.0 cm³/mol. The highest BCUT2D eigenvalue weighted by molar-refractivity contribution is 5.84. The number of carbonyl (C=O) groups is 1. The molecule has 5 nitrogen and oxygen atoms in total. The summed E-state index contributed by atoms with van der Waals surface area (Å²) in [5, 5.41) is 0. The number of methoxy groups -OCH3 is 1. The third-order valence-electron chi connectivity index (χ3n) is 2.11. The van der Waals surface area contributed by atoms with E-state index in [1.165, 1.54) is 0 Å². The molecule has 0 spiro atoms. The first kappa shape index (κ1) is 12.3. The van der Waals surface area contributed by atoms with Crippen molar-refractivity contribution in [2.75, 3.05) is 7.11 Å². The van der Waals surface area contributed by atoms with Crippen LogP contribution in [-0.4, -0.2) is 18.6 Å². The molecule has 1 amide bonds. The van der Waals surface area contributed by atoms with Gasteiger partial charge in [0.2, 0.25) is 0 Å². The molecule has 0 unspecified atom stereocenters. The number of hydrogen-bond acceptors (Lipinski definition) is 4. The van der Waals surface area contributed by atoms with E-state index >= 15 is 0 Å². The molecule has 3 N–H and O–H groups in total. The lowest BCUT2D eigenvalue weighted by Gasteiger charge is -2.24. The summed E-state index contributed by atoms with van der Waals surface area (Å²) >= 11 is 0. The first-order valence-electron chi connectivity index (χ1n) is 4.83. The van der Waals surface area contributed by atoms with E-state index in [0.717, 1.165) is 5.75 Å². The topological polar surface area (TPSA) is 73.6 Å². The van der Waals surface area contributed by atoms with E-state index in [1.54, 1.807) is 45.2 Å². The number of benzene rings is 1. The van der Waals surface area contributed by atoms with Crippen molar-refractivity contribution < 1.29 is 14.3 Å². The summed E-state index contributed by atoms with van der Waals surface area (Å²) in [4.78, 5) is 11.4. The predicted octanol–water partition coefficient (Wildman–Crippen LogP) is 0.842. The Morgan fingerprint density at radius 1 is 1.25 bits per heavy atom. The first-order chi connectivity index (χ1) is 7.49. The fourth-order valence-corrected chi connectivity index (χ4v) is 1.16. The zero-order valence-corrected chi connectivity index (χ0v) is 9.61. The van der Waals surface area contributed by atoms with Gasteiger partial charge in [0.05, 0.1) is 7.11 Å². The van der Waals surface area contributed by atoms with Crippen LogP contribution in [0.3, 0.4) is 0 Å². The van der Waals surface area contributed by atoms with Crippen molar-refractivity contribution in [2.24, 2.45) is 5.84 Å². The normalized spacial score (nSPS) is 10.8. The second-order valence-corrected chi connectivity index (χ2v) is 3.76. The molecule has 5 heteroatoms. The van der Waals surface area contributed by atoms with E-state index in [9.17, 15) is 4.79 Å². The fraction of sp³-hybridized carbons (Fsp3) is 0.364. The first-order valence-corrected chi connectivity index (χ1v) is 4.83. The van der Waals surface area contributed by atoms with E-state index in [0.29, 0.717) is 5.75 Å². The summed E-state index contributed by atoms with van der Waals surface area (Å²) in [6.45, 7) is 3.28. The number of ether oxygens (including phenoxy) is 2. The van der Waals surface area contributed by atoms with Gasteiger partial charge in [-0.15, -0.1) is 0 Å². The maximum Gasteiger partial charge on any atom is 0.277 e. The van der Waals surface area contributed by atoms with Crippen molar-refractivity contribution in [3.8, 4) is 11.5 Å². The minimum absolute atomic E-state index is 0.386. The van der Waals surface area contributed by atoms with Gasteiger partial charge in [-0.25, -0.2) is 5.84 Å². The Morgan fingerprint density at radius 2 is 1.75 bits per heavy atom. The molecular weight excluding hydrogens is 208 g/mol. The number of carbonyl (C=O) groups excluding carboxylic acids is 1. The van der Waals surface area contributed by atoms with Gasteiger partial charge in [0.25, 0.3) is 5.91 Å². The average molecular weight is 224 g/mol. The molecule has 0 saturated heterocycles. The van der Waals surface area contributed by atoms with Crippen LogP contribution in [-0.2, 0) is 4.79 Å². The summed E-state index contributed by atoms with van der Waals surface area (Å²) in [5.74, 6) is 5.98. The molecule has 0 aliphatic rings. The van der Waals surface area contributed by atoms with Gasteiger partial charge in [0, 0.05) is 0 Å². The fourth-order valence-electron chi connectivity index (χ4n) is 1.16. The van der Waals surface area contributed by atoms with Crippen molar-refractivity contribution in [3.63, 3.8) is 0 Å². The van der Waals surface area contributed by atoms with E-state index in [4.69, 9.17) is 15.3 Å². The van der Waals surface area contributed by atoms with E-state index in [-0.39, 0.29) is 5.91 Å². The van der Waals surface area contributed by atoms with Crippen LogP contribution < -0.4 is 20.7 Å². The maximum absolute atomic E-state index is 11.4. The molecule has 0 aliphatic carbocycles. The summed E-state index contributed by atoms with van der Waals surface area (Å²) in [6.07, 6.45) is 0. The highest BCUT2D eigenvalue weighted by Crippen LogP contribution is 2.21. The number of nitrogens with one attached hydrogen (secondary N) is 1. The Balaban J connectivity index is 2.76. The maximum atomic E-state index is 11.4. The summed E-state index contributed by atoms with van der Waals surface area (Å²) in [7, 11) is 1.58. The van der Waals surface area contributed by atoms with Crippen molar-refractivity contribution >= 4 is 5.91 Å². The van der Waals surface area contributed by atoms with Crippen LogP contribution in [0, 0.1) is 0 Å². The molecule has 0 atom stereocenters. The largest absolute Gasteiger partial charge is 0.497 e. The van der Waals surface area contributed by atoms with Crippen LogP contribution in [0.4, 0.5) is 0 Å². The monoisotopic (exact) mass is 224 g/mol. The zero-order valence-electron chi connectivity index (χ0n) is 9.61. The smallest absolute Gasteiger partial charge is 0.277 e. The zero-order chi connectivity index (χ0) is 12.2. The average Bonchev–Trinajstić information content (AvgIpc) is 2.28. The van der Waals surface area contributed by atoms with Gasteiger partial charge in [0.1, 0.15) is 11.5 Å². The van der Waals surface area contributed by atoms with Crippen molar-refractivity contribution in [1.29, 1.82) is 0 Å². The number of nitrogens with two attached hydrogens (primary N) is 1. The minimum Gasteiger partial charge on any atom is -0.497 e. The lowest BCUT2D eigenvalue weighted by molar-refractivity contribution is -0.134. The minimum atomic E-state index is -1.01. The van der Waals surface area contributed by atoms with Gasteiger partial charge in [-0.1, -0.05) is 0 Å².